The molecule has 0 radical (unpaired) electrons. The van der Waals surface area contributed by atoms with Crippen molar-refractivity contribution in [2.24, 2.45) is 0 Å². The smallest absolute Gasteiger partial charge is 0.240 e. The van der Waals surface area contributed by atoms with E-state index in [9.17, 15) is 0 Å². The first-order chi connectivity index (χ1) is 12.0. The third kappa shape index (κ3) is 4.55. The van der Waals surface area contributed by atoms with Crippen molar-refractivity contribution in [3.05, 3.63) is 35.6 Å². The summed E-state index contributed by atoms with van der Waals surface area (Å²) < 4.78 is 10.5. The Hall–Kier alpha value is -1.99. The molecular weight excluding hydrogens is 318 g/mol. The number of rotatable bonds is 6. The molecule has 0 amide bonds. The second kappa shape index (κ2) is 7.93. The summed E-state index contributed by atoms with van der Waals surface area (Å²) in [4.78, 5) is 13.6. The van der Waals surface area contributed by atoms with Gasteiger partial charge in [-0.25, -0.2) is 4.98 Å². The fourth-order valence-corrected chi connectivity index (χ4v) is 3.07. The van der Waals surface area contributed by atoms with E-state index in [1.807, 2.05) is 12.3 Å². The van der Waals surface area contributed by atoms with Gasteiger partial charge in [0.1, 0.15) is 0 Å². The number of hydrogen-bond donors (Lipinski definition) is 0. The van der Waals surface area contributed by atoms with Gasteiger partial charge in [-0.2, -0.15) is 4.98 Å². The number of aromatic nitrogens is 3. The quantitative estimate of drug-likeness (QED) is 0.796. The molecule has 7 nitrogen and oxygen atoms in total. The van der Waals surface area contributed by atoms with Crippen molar-refractivity contribution < 1.29 is 9.26 Å². The van der Waals surface area contributed by atoms with Gasteiger partial charge in [0, 0.05) is 50.4 Å². The van der Waals surface area contributed by atoms with Crippen molar-refractivity contribution in [3.63, 3.8) is 0 Å². The van der Waals surface area contributed by atoms with Crippen LogP contribution in [0.15, 0.2) is 22.9 Å². The van der Waals surface area contributed by atoms with E-state index in [0.717, 1.165) is 38.5 Å². The molecule has 1 aliphatic rings. The standard InChI is InChI=1S/C18H27N5O2/c1-13(2)18-20-17(25-21-18)12-22-7-8-23(14(3)10-22)11-15-5-6-16(24-4)19-9-15/h5-6,9,13-14H,7-8,10-12H2,1-4H3. The maximum Gasteiger partial charge on any atom is 0.240 e. The van der Waals surface area contributed by atoms with Crippen LogP contribution in [-0.2, 0) is 13.1 Å². The highest BCUT2D eigenvalue weighted by molar-refractivity contribution is 5.17. The van der Waals surface area contributed by atoms with E-state index in [4.69, 9.17) is 9.26 Å². The van der Waals surface area contributed by atoms with Gasteiger partial charge in [0.05, 0.1) is 13.7 Å². The number of piperazine rings is 1. The molecule has 136 valence electrons. The van der Waals surface area contributed by atoms with Crippen LogP contribution >= 0.6 is 0 Å². The number of methoxy groups -OCH3 is 1. The molecule has 2 aromatic rings. The Kier molecular flexibility index (Phi) is 5.65. The van der Waals surface area contributed by atoms with E-state index in [0.29, 0.717) is 23.7 Å². The summed E-state index contributed by atoms with van der Waals surface area (Å²) in [5, 5.41) is 4.04. The maximum atomic E-state index is 5.37. The Labute approximate surface area is 149 Å². The molecule has 7 heteroatoms. The number of hydrogen-bond acceptors (Lipinski definition) is 7. The zero-order chi connectivity index (χ0) is 17.8. The van der Waals surface area contributed by atoms with Crippen LogP contribution in [0.4, 0.5) is 0 Å². The molecule has 3 heterocycles. The number of ether oxygens (including phenoxy) is 1. The summed E-state index contributed by atoms with van der Waals surface area (Å²) in [6, 6.07) is 4.46. The predicted molar refractivity (Wildman–Crippen MR) is 94.3 cm³/mol. The zero-order valence-corrected chi connectivity index (χ0v) is 15.5. The summed E-state index contributed by atoms with van der Waals surface area (Å²) in [5.74, 6) is 2.45. The van der Waals surface area contributed by atoms with E-state index in [2.05, 4.69) is 51.8 Å². The van der Waals surface area contributed by atoms with Gasteiger partial charge in [-0.3, -0.25) is 9.80 Å². The van der Waals surface area contributed by atoms with Crippen molar-refractivity contribution in [2.75, 3.05) is 26.7 Å². The Balaban J connectivity index is 1.52. The molecule has 1 fully saturated rings. The molecule has 0 N–H and O–H groups in total. The Morgan fingerprint density at radius 1 is 1.28 bits per heavy atom. The third-order valence-corrected chi connectivity index (χ3v) is 4.60. The molecule has 0 saturated carbocycles. The molecule has 1 aliphatic heterocycles. The van der Waals surface area contributed by atoms with Gasteiger partial charge in [0.15, 0.2) is 5.82 Å². The lowest BCUT2D eigenvalue weighted by Gasteiger charge is -2.39. The van der Waals surface area contributed by atoms with Gasteiger partial charge in [-0.05, 0) is 12.5 Å². The van der Waals surface area contributed by atoms with Crippen LogP contribution in [0, 0.1) is 0 Å². The third-order valence-electron chi connectivity index (χ3n) is 4.60. The van der Waals surface area contributed by atoms with E-state index in [-0.39, 0.29) is 0 Å². The van der Waals surface area contributed by atoms with Crippen molar-refractivity contribution in [2.45, 2.75) is 45.8 Å². The van der Waals surface area contributed by atoms with Crippen LogP contribution in [0.2, 0.25) is 0 Å². The van der Waals surface area contributed by atoms with Crippen LogP contribution in [0.5, 0.6) is 5.88 Å². The van der Waals surface area contributed by atoms with E-state index < -0.39 is 0 Å². The van der Waals surface area contributed by atoms with Gasteiger partial charge in [0.25, 0.3) is 0 Å². The molecule has 0 aromatic carbocycles. The predicted octanol–water partition coefficient (Wildman–Crippen LogP) is 2.30. The first kappa shape index (κ1) is 17.8. The monoisotopic (exact) mass is 345 g/mol. The fraction of sp³-hybridized carbons (Fsp3) is 0.611. The first-order valence-corrected chi connectivity index (χ1v) is 8.83. The summed E-state index contributed by atoms with van der Waals surface area (Å²) in [5.41, 5.74) is 1.21. The average molecular weight is 345 g/mol. The minimum absolute atomic E-state index is 0.298. The van der Waals surface area contributed by atoms with Gasteiger partial charge in [-0.1, -0.05) is 25.1 Å². The molecular formula is C18H27N5O2. The summed E-state index contributed by atoms with van der Waals surface area (Å²) in [6.07, 6.45) is 1.89. The second-order valence-electron chi connectivity index (χ2n) is 6.96. The largest absolute Gasteiger partial charge is 0.481 e. The lowest BCUT2D eigenvalue weighted by molar-refractivity contribution is 0.0667. The molecule has 25 heavy (non-hydrogen) atoms. The Morgan fingerprint density at radius 3 is 2.72 bits per heavy atom. The van der Waals surface area contributed by atoms with Gasteiger partial charge < -0.3 is 9.26 Å². The van der Waals surface area contributed by atoms with Crippen LogP contribution in [0.3, 0.4) is 0 Å². The lowest BCUT2D eigenvalue weighted by atomic mass is 10.1. The highest BCUT2D eigenvalue weighted by Crippen LogP contribution is 2.17. The minimum atomic E-state index is 0.298. The number of nitrogens with zero attached hydrogens (tertiary/aromatic N) is 5. The molecule has 2 aromatic heterocycles. The van der Waals surface area contributed by atoms with Crippen molar-refractivity contribution in [1.82, 2.24) is 24.9 Å². The van der Waals surface area contributed by atoms with E-state index in [1.54, 1.807) is 7.11 Å². The Bertz CT molecular complexity index is 670. The normalized spacial score (nSPS) is 19.5. The van der Waals surface area contributed by atoms with Crippen molar-refractivity contribution >= 4 is 0 Å². The fourth-order valence-electron chi connectivity index (χ4n) is 3.07. The van der Waals surface area contributed by atoms with Crippen LogP contribution in [-0.4, -0.2) is 57.7 Å². The van der Waals surface area contributed by atoms with Crippen LogP contribution in [0.1, 0.15) is 44.0 Å². The highest BCUT2D eigenvalue weighted by atomic mass is 16.5. The average Bonchev–Trinajstić information content (AvgIpc) is 3.07. The maximum absolute atomic E-state index is 5.37. The molecule has 0 spiro atoms. The molecule has 1 atom stereocenters. The molecule has 1 saturated heterocycles. The lowest BCUT2D eigenvalue weighted by Crippen LogP contribution is -2.50. The SMILES string of the molecule is COc1ccc(CN2CCN(Cc3nc(C(C)C)no3)CC2C)cn1. The van der Waals surface area contributed by atoms with Crippen LogP contribution < -0.4 is 4.74 Å². The summed E-state index contributed by atoms with van der Waals surface area (Å²) in [6.45, 7) is 11.0. The minimum Gasteiger partial charge on any atom is -0.481 e. The molecule has 0 bridgehead atoms. The molecule has 1 unspecified atom stereocenters. The Morgan fingerprint density at radius 2 is 2.12 bits per heavy atom. The molecule has 3 rings (SSSR count). The van der Waals surface area contributed by atoms with Gasteiger partial charge in [0.2, 0.25) is 11.8 Å². The number of pyridine rings is 1. The van der Waals surface area contributed by atoms with Crippen molar-refractivity contribution in [3.8, 4) is 5.88 Å². The summed E-state index contributed by atoms with van der Waals surface area (Å²) >= 11 is 0. The highest BCUT2D eigenvalue weighted by Gasteiger charge is 2.25. The van der Waals surface area contributed by atoms with Gasteiger partial charge in [-0.15, -0.1) is 0 Å². The topological polar surface area (TPSA) is 67.5 Å². The van der Waals surface area contributed by atoms with E-state index in [1.165, 1.54) is 5.56 Å². The second-order valence-corrected chi connectivity index (χ2v) is 6.96. The van der Waals surface area contributed by atoms with Gasteiger partial charge >= 0.3 is 0 Å². The first-order valence-electron chi connectivity index (χ1n) is 8.83. The molecule has 0 aliphatic carbocycles. The van der Waals surface area contributed by atoms with Crippen molar-refractivity contribution in [1.29, 1.82) is 0 Å². The van der Waals surface area contributed by atoms with Crippen LogP contribution in [0.25, 0.3) is 0 Å². The zero-order valence-electron chi connectivity index (χ0n) is 15.5. The van der Waals surface area contributed by atoms with E-state index >= 15 is 0 Å². The summed E-state index contributed by atoms with van der Waals surface area (Å²) in [7, 11) is 1.64.